The number of nitrogens with zero attached hydrogens (tertiary/aromatic N) is 1. The van der Waals surface area contributed by atoms with E-state index in [9.17, 15) is 14.7 Å². The Morgan fingerprint density at radius 2 is 1.67 bits per heavy atom. The number of para-hydroxylation sites is 1. The lowest BCUT2D eigenvalue weighted by Crippen LogP contribution is -2.33. The van der Waals surface area contributed by atoms with E-state index in [1.165, 1.54) is 11.3 Å². The molecule has 3 aromatic rings. The molecule has 2 amide bonds. The Morgan fingerprint density at radius 1 is 0.967 bits per heavy atom. The van der Waals surface area contributed by atoms with Gasteiger partial charge in [-0.15, -0.1) is 11.3 Å². The van der Waals surface area contributed by atoms with E-state index in [0.29, 0.717) is 22.8 Å². The van der Waals surface area contributed by atoms with Crippen LogP contribution >= 0.6 is 11.3 Å². The number of phenols is 1. The van der Waals surface area contributed by atoms with Crippen LogP contribution in [0.2, 0.25) is 0 Å². The largest absolute Gasteiger partial charge is 0.508 e. The van der Waals surface area contributed by atoms with Crippen molar-refractivity contribution >= 4 is 34.5 Å². The van der Waals surface area contributed by atoms with E-state index >= 15 is 0 Å². The standard InChI is InChI=1S/C23H25N3O3S/c1-2-13-26(15-17-6-3-4-7-20(17)27)16-22(28)24-18-9-11-19(12-10-18)25-23(29)21-8-5-14-30-21/h3-12,14,27H,2,13,15-16H2,1H3,(H,24,28)(H,25,29). The molecule has 0 fully saturated rings. The lowest BCUT2D eigenvalue weighted by Gasteiger charge is -2.21. The van der Waals surface area contributed by atoms with Crippen LogP contribution < -0.4 is 10.6 Å². The minimum atomic E-state index is -0.152. The van der Waals surface area contributed by atoms with Gasteiger partial charge in [-0.2, -0.15) is 0 Å². The van der Waals surface area contributed by atoms with Gasteiger partial charge in [0.25, 0.3) is 5.91 Å². The summed E-state index contributed by atoms with van der Waals surface area (Å²) in [5.41, 5.74) is 2.12. The highest BCUT2D eigenvalue weighted by molar-refractivity contribution is 7.12. The van der Waals surface area contributed by atoms with Crippen LogP contribution in [0.1, 0.15) is 28.6 Å². The molecule has 0 atom stereocenters. The van der Waals surface area contributed by atoms with E-state index < -0.39 is 0 Å². The fourth-order valence-electron chi connectivity index (χ4n) is 3.06. The summed E-state index contributed by atoms with van der Waals surface area (Å²) in [6.07, 6.45) is 0.902. The SMILES string of the molecule is CCCN(CC(=O)Nc1ccc(NC(=O)c2cccs2)cc1)Cc1ccccc1O. The van der Waals surface area contributed by atoms with Gasteiger partial charge in [-0.25, -0.2) is 0 Å². The summed E-state index contributed by atoms with van der Waals surface area (Å²) < 4.78 is 0. The summed E-state index contributed by atoms with van der Waals surface area (Å²) in [5.74, 6) is -0.0467. The van der Waals surface area contributed by atoms with Crippen molar-refractivity contribution in [3.8, 4) is 5.75 Å². The lowest BCUT2D eigenvalue weighted by atomic mass is 10.2. The molecule has 0 unspecified atom stereocenters. The molecule has 6 nitrogen and oxygen atoms in total. The number of hydrogen-bond acceptors (Lipinski definition) is 5. The number of thiophene rings is 1. The lowest BCUT2D eigenvalue weighted by molar-refractivity contribution is -0.117. The number of anilines is 2. The molecule has 3 N–H and O–H groups in total. The summed E-state index contributed by atoms with van der Waals surface area (Å²) >= 11 is 1.38. The Hall–Kier alpha value is -3.16. The molecule has 0 bridgehead atoms. The topological polar surface area (TPSA) is 81.7 Å². The Balaban J connectivity index is 1.55. The molecule has 0 aliphatic carbocycles. The van der Waals surface area contributed by atoms with Gasteiger partial charge in [0.05, 0.1) is 11.4 Å². The summed E-state index contributed by atoms with van der Waals surface area (Å²) in [7, 11) is 0. The molecule has 156 valence electrons. The van der Waals surface area contributed by atoms with Gasteiger partial charge in [0.1, 0.15) is 5.75 Å². The first kappa shape index (κ1) is 21.5. The summed E-state index contributed by atoms with van der Waals surface area (Å²) in [6.45, 7) is 3.52. The Morgan fingerprint density at radius 3 is 2.30 bits per heavy atom. The van der Waals surface area contributed by atoms with Crippen LogP contribution in [-0.2, 0) is 11.3 Å². The quantitative estimate of drug-likeness (QED) is 0.471. The van der Waals surface area contributed by atoms with Gasteiger partial charge >= 0.3 is 0 Å². The highest BCUT2D eigenvalue weighted by Crippen LogP contribution is 2.19. The minimum absolute atomic E-state index is 0.130. The van der Waals surface area contributed by atoms with Gasteiger partial charge in [-0.1, -0.05) is 31.2 Å². The van der Waals surface area contributed by atoms with Gasteiger partial charge < -0.3 is 15.7 Å². The zero-order valence-electron chi connectivity index (χ0n) is 16.8. The van der Waals surface area contributed by atoms with Crippen LogP contribution in [0.5, 0.6) is 5.75 Å². The van der Waals surface area contributed by atoms with E-state index in [1.807, 2.05) is 28.5 Å². The zero-order valence-corrected chi connectivity index (χ0v) is 17.6. The van der Waals surface area contributed by atoms with Gasteiger partial charge in [0.15, 0.2) is 0 Å². The molecule has 7 heteroatoms. The number of aromatic hydroxyl groups is 1. The molecule has 0 saturated heterocycles. The number of nitrogens with one attached hydrogen (secondary N) is 2. The number of hydrogen-bond donors (Lipinski definition) is 3. The summed E-state index contributed by atoms with van der Waals surface area (Å²) in [6, 6.07) is 17.8. The van der Waals surface area contributed by atoms with Crippen molar-refractivity contribution in [1.82, 2.24) is 4.90 Å². The predicted molar refractivity (Wildman–Crippen MR) is 121 cm³/mol. The van der Waals surface area contributed by atoms with Crippen LogP contribution in [0.15, 0.2) is 66.0 Å². The summed E-state index contributed by atoms with van der Waals surface area (Å²) in [5, 5.41) is 17.6. The Bertz CT molecular complexity index is 972. The van der Waals surface area contributed by atoms with Crippen molar-refractivity contribution in [2.45, 2.75) is 19.9 Å². The van der Waals surface area contributed by atoms with Gasteiger partial charge in [-0.3, -0.25) is 14.5 Å². The van der Waals surface area contributed by atoms with Crippen LogP contribution in [0, 0.1) is 0 Å². The third-order valence-corrected chi connectivity index (χ3v) is 5.33. The summed E-state index contributed by atoms with van der Waals surface area (Å²) in [4.78, 5) is 27.3. The Labute approximate surface area is 180 Å². The number of carbonyl (C=O) groups excluding carboxylic acids is 2. The first-order valence-corrected chi connectivity index (χ1v) is 10.7. The minimum Gasteiger partial charge on any atom is -0.508 e. The molecule has 0 spiro atoms. The molecule has 0 aliphatic heterocycles. The third kappa shape index (κ3) is 6.17. The molecule has 0 saturated carbocycles. The number of benzene rings is 2. The van der Waals surface area contributed by atoms with Crippen LogP contribution in [-0.4, -0.2) is 34.9 Å². The number of carbonyl (C=O) groups is 2. The first-order valence-electron chi connectivity index (χ1n) is 9.79. The smallest absolute Gasteiger partial charge is 0.265 e. The molecule has 0 radical (unpaired) electrons. The molecular weight excluding hydrogens is 398 g/mol. The second-order valence-corrected chi connectivity index (χ2v) is 7.84. The van der Waals surface area contributed by atoms with Gasteiger partial charge in [-0.05, 0) is 54.7 Å². The average molecular weight is 424 g/mol. The second kappa shape index (κ2) is 10.6. The highest BCUT2D eigenvalue weighted by Gasteiger charge is 2.13. The average Bonchev–Trinajstić information content (AvgIpc) is 3.26. The Kier molecular flexibility index (Phi) is 7.59. The van der Waals surface area contributed by atoms with E-state index in [-0.39, 0.29) is 24.1 Å². The maximum Gasteiger partial charge on any atom is 0.265 e. The van der Waals surface area contributed by atoms with E-state index in [2.05, 4.69) is 17.6 Å². The molecule has 3 rings (SSSR count). The number of rotatable bonds is 9. The van der Waals surface area contributed by atoms with E-state index in [0.717, 1.165) is 18.5 Å². The van der Waals surface area contributed by atoms with E-state index in [1.54, 1.807) is 42.5 Å². The first-order chi connectivity index (χ1) is 14.5. The zero-order chi connectivity index (χ0) is 21.3. The highest BCUT2D eigenvalue weighted by atomic mass is 32.1. The molecule has 0 aliphatic rings. The fourth-order valence-corrected chi connectivity index (χ4v) is 3.68. The maximum absolute atomic E-state index is 12.5. The number of amides is 2. The van der Waals surface area contributed by atoms with Crippen molar-refractivity contribution in [3.05, 3.63) is 76.5 Å². The molecule has 1 aromatic heterocycles. The van der Waals surface area contributed by atoms with Crippen molar-refractivity contribution in [3.63, 3.8) is 0 Å². The number of phenolic OH excluding ortho intramolecular Hbond substituents is 1. The maximum atomic E-state index is 12.5. The molecule has 2 aromatic carbocycles. The molecule has 30 heavy (non-hydrogen) atoms. The van der Waals surface area contributed by atoms with Crippen LogP contribution in [0.4, 0.5) is 11.4 Å². The monoisotopic (exact) mass is 423 g/mol. The van der Waals surface area contributed by atoms with Crippen LogP contribution in [0.3, 0.4) is 0 Å². The van der Waals surface area contributed by atoms with Gasteiger partial charge in [0, 0.05) is 23.5 Å². The molecule has 1 heterocycles. The van der Waals surface area contributed by atoms with Crippen molar-refractivity contribution in [1.29, 1.82) is 0 Å². The van der Waals surface area contributed by atoms with E-state index in [4.69, 9.17) is 0 Å². The third-order valence-electron chi connectivity index (χ3n) is 4.46. The predicted octanol–water partition coefficient (Wildman–Crippen LogP) is 4.56. The normalized spacial score (nSPS) is 10.7. The van der Waals surface area contributed by atoms with Crippen molar-refractivity contribution < 1.29 is 14.7 Å². The fraction of sp³-hybridized carbons (Fsp3) is 0.217. The van der Waals surface area contributed by atoms with Crippen molar-refractivity contribution in [2.75, 3.05) is 23.7 Å². The van der Waals surface area contributed by atoms with Crippen LogP contribution in [0.25, 0.3) is 0 Å². The van der Waals surface area contributed by atoms with Crippen molar-refractivity contribution in [2.24, 2.45) is 0 Å². The second-order valence-electron chi connectivity index (χ2n) is 6.90. The van der Waals surface area contributed by atoms with Gasteiger partial charge in [0.2, 0.25) is 5.91 Å². The molecular formula is C23H25N3O3S.